The van der Waals surface area contributed by atoms with Gasteiger partial charge in [0.05, 0.1) is 16.2 Å². The van der Waals surface area contributed by atoms with E-state index in [1.807, 2.05) is 25.1 Å². The molecule has 0 aliphatic rings. The molecule has 7 heteroatoms. The Morgan fingerprint density at radius 3 is 2.61 bits per heavy atom. The molecule has 0 radical (unpaired) electrons. The molecule has 23 heavy (non-hydrogen) atoms. The number of fused-ring (bicyclic) bond motifs is 1. The monoisotopic (exact) mass is 366 g/mol. The maximum Gasteiger partial charge on any atom is 0.263 e. The molecule has 1 aromatic heterocycles. The van der Waals surface area contributed by atoms with Crippen molar-refractivity contribution in [3.8, 4) is 0 Å². The van der Waals surface area contributed by atoms with Gasteiger partial charge in [-0.05, 0) is 36.8 Å². The number of pyridine rings is 1. The number of hydrogen-bond donors (Lipinski definition) is 1. The van der Waals surface area contributed by atoms with Crippen molar-refractivity contribution in [3.05, 3.63) is 64.3 Å². The highest BCUT2D eigenvalue weighted by Crippen LogP contribution is 2.30. The van der Waals surface area contributed by atoms with E-state index in [0.717, 1.165) is 10.9 Å². The first kappa shape index (κ1) is 16.1. The van der Waals surface area contributed by atoms with Crippen LogP contribution in [0.2, 0.25) is 10.0 Å². The van der Waals surface area contributed by atoms with E-state index in [1.54, 1.807) is 12.3 Å². The Hall–Kier alpha value is -1.82. The molecule has 3 aromatic rings. The van der Waals surface area contributed by atoms with Gasteiger partial charge in [0.2, 0.25) is 0 Å². The second-order valence-electron chi connectivity index (χ2n) is 5.01. The average Bonchev–Trinajstić information content (AvgIpc) is 2.50. The second-order valence-corrected chi connectivity index (χ2v) is 7.51. The second kappa shape index (κ2) is 6.00. The molecule has 0 amide bonds. The average molecular weight is 367 g/mol. The largest absolute Gasteiger partial charge is 0.277 e. The molecule has 0 aliphatic heterocycles. The highest BCUT2D eigenvalue weighted by Gasteiger charge is 2.20. The van der Waals surface area contributed by atoms with Crippen molar-refractivity contribution in [2.75, 3.05) is 4.72 Å². The van der Waals surface area contributed by atoms with E-state index in [4.69, 9.17) is 23.2 Å². The number of anilines is 1. The molecule has 0 spiro atoms. The van der Waals surface area contributed by atoms with Gasteiger partial charge < -0.3 is 0 Å². The molecule has 0 aliphatic carbocycles. The Kier molecular flexibility index (Phi) is 4.19. The van der Waals surface area contributed by atoms with E-state index in [1.165, 1.54) is 18.2 Å². The molecule has 0 bridgehead atoms. The third-order valence-corrected chi connectivity index (χ3v) is 5.47. The van der Waals surface area contributed by atoms with Gasteiger partial charge in [-0.1, -0.05) is 41.4 Å². The highest BCUT2D eigenvalue weighted by atomic mass is 35.5. The summed E-state index contributed by atoms with van der Waals surface area (Å²) < 4.78 is 27.9. The first-order valence-electron chi connectivity index (χ1n) is 6.71. The number of sulfonamides is 1. The molecule has 1 heterocycles. The lowest BCUT2D eigenvalue weighted by Gasteiger charge is -2.13. The maximum atomic E-state index is 12.7. The van der Waals surface area contributed by atoms with Crippen molar-refractivity contribution in [1.29, 1.82) is 0 Å². The smallest absolute Gasteiger partial charge is 0.263 e. The third kappa shape index (κ3) is 3.13. The zero-order chi connectivity index (χ0) is 16.6. The molecule has 118 valence electrons. The molecule has 3 rings (SSSR count). The summed E-state index contributed by atoms with van der Waals surface area (Å²) in [5.74, 6) is 0. The molecule has 0 unspecified atom stereocenters. The molecule has 0 fully saturated rings. The number of aryl methyl sites for hydroxylation is 1. The molecular formula is C16H12Cl2N2O2S. The van der Waals surface area contributed by atoms with Gasteiger partial charge >= 0.3 is 0 Å². The van der Waals surface area contributed by atoms with Crippen molar-refractivity contribution in [3.63, 3.8) is 0 Å². The predicted octanol–water partition coefficient (Wildman–Crippen LogP) is 4.65. The summed E-state index contributed by atoms with van der Waals surface area (Å²) in [6.45, 7) is 1.81. The van der Waals surface area contributed by atoms with Gasteiger partial charge in [-0.3, -0.25) is 9.71 Å². The van der Waals surface area contributed by atoms with E-state index in [-0.39, 0.29) is 9.92 Å². The van der Waals surface area contributed by atoms with Crippen LogP contribution in [0.15, 0.2) is 53.6 Å². The van der Waals surface area contributed by atoms with Crippen LogP contribution in [0.4, 0.5) is 5.69 Å². The summed E-state index contributed by atoms with van der Waals surface area (Å²) >= 11 is 11.8. The molecule has 0 saturated heterocycles. The molecule has 0 atom stereocenters. The van der Waals surface area contributed by atoms with Crippen LogP contribution in [0.5, 0.6) is 0 Å². The standard InChI is InChI=1S/C16H12Cl2N2O2S/c1-10-4-5-11-3-2-8-19-16(11)15(10)20-23(21,22)14-7-6-12(17)9-13(14)18/h2-9,20H,1H3. The molecule has 4 nitrogen and oxygen atoms in total. The highest BCUT2D eigenvalue weighted by molar-refractivity contribution is 7.92. The number of rotatable bonds is 3. The minimum atomic E-state index is -3.86. The van der Waals surface area contributed by atoms with Crippen LogP contribution in [0, 0.1) is 6.92 Å². The minimum absolute atomic E-state index is 0.0316. The van der Waals surface area contributed by atoms with Crippen LogP contribution in [0.25, 0.3) is 10.9 Å². The van der Waals surface area contributed by atoms with Crippen molar-refractivity contribution in [2.45, 2.75) is 11.8 Å². The van der Waals surface area contributed by atoms with Gasteiger partial charge in [0.25, 0.3) is 10.0 Å². The number of benzene rings is 2. The minimum Gasteiger partial charge on any atom is -0.277 e. The normalized spacial score (nSPS) is 11.6. The number of aromatic nitrogens is 1. The van der Waals surface area contributed by atoms with Gasteiger partial charge in [0.15, 0.2) is 0 Å². The lowest BCUT2D eigenvalue weighted by molar-refractivity contribution is 0.601. The summed E-state index contributed by atoms with van der Waals surface area (Å²) in [5, 5.41) is 1.28. The van der Waals surface area contributed by atoms with Crippen LogP contribution in [0.1, 0.15) is 5.56 Å². The van der Waals surface area contributed by atoms with Gasteiger partial charge in [-0.25, -0.2) is 8.42 Å². The van der Waals surface area contributed by atoms with Crippen molar-refractivity contribution >= 4 is 49.8 Å². The van der Waals surface area contributed by atoms with Crippen molar-refractivity contribution in [1.82, 2.24) is 4.98 Å². The Morgan fingerprint density at radius 1 is 1.09 bits per heavy atom. The molecular weight excluding hydrogens is 355 g/mol. The Labute approximate surface area is 144 Å². The van der Waals surface area contributed by atoms with Crippen molar-refractivity contribution < 1.29 is 8.42 Å². The lowest BCUT2D eigenvalue weighted by Crippen LogP contribution is -2.14. The quantitative estimate of drug-likeness (QED) is 0.733. The summed E-state index contributed by atoms with van der Waals surface area (Å²) in [5.41, 5.74) is 1.79. The molecule has 1 N–H and O–H groups in total. The van der Waals surface area contributed by atoms with Gasteiger partial charge in [0, 0.05) is 16.6 Å². The summed E-state index contributed by atoms with van der Waals surface area (Å²) in [4.78, 5) is 4.24. The Bertz CT molecular complexity index is 1000. The van der Waals surface area contributed by atoms with Crippen molar-refractivity contribution in [2.24, 2.45) is 0 Å². The number of hydrogen-bond acceptors (Lipinski definition) is 3. The fourth-order valence-electron chi connectivity index (χ4n) is 2.26. The zero-order valence-electron chi connectivity index (χ0n) is 12.0. The van der Waals surface area contributed by atoms with Crippen LogP contribution in [0.3, 0.4) is 0 Å². The van der Waals surface area contributed by atoms with Gasteiger partial charge in [0.1, 0.15) is 4.90 Å². The first-order valence-corrected chi connectivity index (χ1v) is 8.94. The fraction of sp³-hybridized carbons (Fsp3) is 0.0625. The van der Waals surface area contributed by atoms with Gasteiger partial charge in [-0.2, -0.15) is 0 Å². The Morgan fingerprint density at radius 2 is 1.87 bits per heavy atom. The Balaban J connectivity index is 2.13. The fourth-order valence-corrected chi connectivity index (χ4v) is 4.17. The maximum absolute atomic E-state index is 12.7. The van der Waals surface area contributed by atoms with Crippen LogP contribution < -0.4 is 4.72 Å². The predicted molar refractivity (Wildman–Crippen MR) is 93.8 cm³/mol. The summed E-state index contributed by atoms with van der Waals surface area (Å²) in [6.07, 6.45) is 1.62. The number of nitrogens with one attached hydrogen (secondary N) is 1. The van der Waals surface area contributed by atoms with Crippen LogP contribution in [-0.2, 0) is 10.0 Å². The summed E-state index contributed by atoms with van der Waals surface area (Å²) in [7, 11) is -3.86. The van der Waals surface area contributed by atoms with Crippen LogP contribution >= 0.6 is 23.2 Å². The van der Waals surface area contributed by atoms with E-state index < -0.39 is 10.0 Å². The van der Waals surface area contributed by atoms with Crippen LogP contribution in [-0.4, -0.2) is 13.4 Å². The number of nitrogens with zero attached hydrogens (tertiary/aromatic N) is 1. The summed E-state index contributed by atoms with van der Waals surface area (Å²) in [6, 6.07) is 11.7. The van der Waals surface area contributed by atoms with E-state index >= 15 is 0 Å². The SMILES string of the molecule is Cc1ccc2cccnc2c1NS(=O)(=O)c1ccc(Cl)cc1Cl. The molecule has 0 saturated carbocycles. The lowest BCUT2D eigenvalue weighted by atomic mass is 10.1. The molecule has 2 aromatic carbocycles. The van der Waals surface area contributed by atoms with Gasteiger partial charge in [-0.15, -0.1) is 0 Å². The van der Waals surface area contributed by atoms with E-state index in [0.29, 0.717) is 16.2 Å². The zero-order valence-corrected chi connectivity index (χ0v) is 14.4. The third-order valence-electron chi connectivity index (χ3n) is 3.40. The topological polar surface area (TPSA) is 59.1 Å². The van der Waals surface area contributed by atoms with E-state index in [2.05, 4.69) is 9.71 Å². The van der Waals surface area contributed by atoms with E-state index in [9.17, 15) is 8.42 Å². The first-order chi connectivity index (χ1) is 10.9. The number of halogens is 2.